The third kappa shape index (κ3) is 1.44. The lowest BCUT2D eigenvalue weighted by Gasteiger charge is -2.19. The van der Waals surface area contributed by atoms with Gasteiger partial charge in [0, 0.05) is 0 Å². The third-order valence-corrected chi connectivity index (χ3v) is 3.88. The van der Waals surface area contributed by atoms with Crippen LogP contribution in [0, 0.1) is 17.8 Å². The van der Waals surface area contributed by atoms with Gasteiger partial charge in [-0.15, -0.1) is 0 Å². The molecule has 0 N–H and O–H groups in total. The molecule has 0 heteroatoms. The van der Waals surface area contributed by atoms with Crippen molar-refractivity contribution in [1.82, 2.24) is 0 Å². The summed E-state index contributed by atoms with van der Waals surface area (Å²) in [7, 11) is 0. The standard InChI is InChI=1S/C12H22/c1-6-7-12-10(4)8(2)9(3)11(12)5/h8,10,12H,6-7H2,1-5H3. The van der Waals surface area contributed by atoms with Crippen molar-refractivity contribution in [3.8, 4) is 0 Å². The molecule has 0 saturated carbocycles. The Balaban J connectivity index is 2.76. The average molecular weight is 166 g/mol. The first-order valence-electron chi connectivity index (χ1n) is 5.26. The van der Waals surface area contributed by atoms with Crippen LogP contribution in [0.15, 0.2) is 11.1 Å². The summed E-state index contributed by atoms with van der Waals surface area (Å²) in [5.74, 6) is 2.58. The number of hydrogen-bond donors (Lipinski definition) is 0. The summed E-state index contributed by atoms with van der Waals surface area (Å²) in [6.07, 6.45) is 2.71. The highest BCUT2D eigenvalue weighted by Crippen LogP contribution is 2.42. The zero-order valence-electron chi connectivity index (χ0n) is 9.15. The second kappa shape index (κ2) is 3.64. The van der Waals surface area contributed by atoms with Crippen LogP contribution in [0.1, 0.15) is 47.5 Å². The Hall–Kier alpha value is -0.260. The van der Waals surface area contributed by atoms with Gasteiger partial charge >= 0.3 is 0 Å². The lowest BCUT2D eigenvalue weighted by atomic mass is 9.85. The van der Waals surface area contributed by atoms with Crippen LogP contribution < -0.4 is 0 Å². The lowest BCUT2D eigenvalue weighted by molar-refractivity contribution is 0.349. The van der Waals surface area contributed by atoms with Crippen LogP contribution in [0.3, 0.4) is 0 Å². The molecular formula is C12H22. The predicted molar refractivity (Wildman–Crippen MR) is 55.1 cm³/mol. The predicted octanol–water partition coefficient (Wildman–Crippen LogP) is 4.02. The second-order valence-electron chi connectivity index (χ2n) is 4.41. The van der Waals surface area contributed by atoms with Crippen molar-refractivity contribution in [2.75, 3.05) is 0 Å². The maximum absolute atomic E-state index is 2.41. The van der Waals surface area contributed by atoms with Gasteiger partial charge in [0.15, 0.2) is 0 Å². The first-order valence-corrected chi connectivity index (χ1v) is 5.26. The summed E-state index contributed by atoms with van der Waals surface area (Å²) in [6, 6.07) is 0. The first-order chi connectivity index (χ1) is 5.59. The summed E-state index contributed by atoms with van der Waals surface area (Å²) in [5.41, 5.74) is 3.33. The summed E-state index contributed by atoms with van der Waals surface area (Å²) in [4.78, 5) is 0. The van der Waals surface area contributed by atoms with Crippen molar-refractivity contribution in [2.24, 2.45) is 17.8 Å². The van der Waals surface area contributed by atoms with Crippen LogP contribution in [-0.2, 0) is 0 Å². The molecule has 0 aliphatic heterocycles. The van der Waals surface area contributed by atoms with Gasteiger partial charge in [-0.05, 0) is 38.0 Å². The molecule has 0 nitrogen and oxygen atoms in total. The maximum atomic E-state index is 2.41. The molecule has 0 bridgehead atoms. The van der Waals surface area contributed by atoms with E-state index in [2.05, 4.69) is 34.6 Å². The molecule has 0 spiro atoms. The van der Waals surface area contributed by atoms with Crippen LogP contribution in [0.4, 0.5) is 0 Å². The van der Waals surface area contributed by atoms with E-state index in [-0.39, 0.29) is 0 Å². The van der Waals surface area contributed by atoms with E-state index in [1.165, 1.54) is 12.8 Å². The summed E-state index contributed by atoms with van der Waals surface area (Å²) < 4.78 is 0. The van der Waals surface area contributed by atoms with E-state index < -0.39 is 0 Å². The number of allylic oxidation sites excluding steroid dienone is 2. The van der Waals surface area contributed by atoms with Gasteiger partial charge in [0.25, 0.3) is 0 Å². The van der Waals surface area contributed by atoms with Crippen LogP contribution in [0.5, 0.6) is 0 Å². The van der Waals surface area contributed by atoms with Gasteiger partial charge in [0.2, 0.25) is 0 Å². The molecule has 3 unspecified atom stereocenters. The molecule has 1 aliphatic carbocycles. The van der Waals surface area contributed by atoms with E-state index in [1.54, 1.807) is 11.1 Å². The van der Waals surface area contributed by atoms with Crippen molar-refractivity contribution < 1.29 is 0 Å². The smallest absolute Gasteiger partial charge is 0.0172 e. The zero-order chi connectivity index (χ0) is 9.30. The molecule has 1 rings (SSSR count). The minimum absolute atomic E-state index is 0.821. The molecule has 3 atom stereocenters. The largest absolute Gasteiger partial charge is 0.0710 e. The Kier molecular flexibility index (Phi) is 2.98. The highest BCUT2D eigenvalue weighted by Gasteiger charge is 2.32. The lowest BCUT2D eigenvalue weighted by Crippen LogP contribution is -2.11. The maximum Gasteiger partial charge on any atom is -0.0172 e. The SMILES string of the molecule is CCCC1C(C)=C(C)C(C)C1C. The molecule has 0 radical (unpaired) electrons. The third-order valence-electron chi connectivity index (χ3n) is 3.88. The van der Waals surface area contributed by atoms with E-state index in [0.29, 0.717) is 0 Å². The van der Waals surface area contributed by atoms with Crippen molar-refractivity contribution in [1.29, 1.82) is 0 Å². The molecule has 0 aromatic heterocycles. The Bertz CT molecular complexity index is 188. The number of rotatable bonds is 2. The topological polar surface area (TPSA) is 0 Å². The molecule has 0 aromatic rings. The molecule has 0 aromatic carbocycles. The quantitative estimate of drug-likeness (QED) is 0.543. The molecular weight excluding hydrogens is 144 g/mol. The van der Waals surface area contributed by atoms with E-state index in [9.17, 15) is 0 Å². The van der Waals surface area contributed by atoms with Crippen LogP contribution in [0.25, 0.3) is 0 Å². The van der Waals surface area contributed by atoms with Crippen molar-refractivity contribution in [2.45, 2.75) is 47.5 Å². The zero-order valence-corrected chi connectivity index (χ0v) is 9.15. The molecule has 70 valence electrons. The van der Waals surface area contributed by atoms with Crippen molar-refractivity contribution >= 4 is 0 Å². The summed E-state index contributed by atoms with van der Waals surface area (Å²) in [6.45, 7) is 11.7. The Labute approximate surface area is 77.1 Å². The fraction of sp³-hybridized carbons (Fsp3) is 0.833. The minimum Gasteiger partial charge on any atom is -0.0710 e. The molecule has 0 heterocycles. The average Bonchev–Trinajstić information content (AvgIpc) is 2.23. The van der Waals surface area contributed by atoms with Crippen molar-refractivity contribution in [3.63, 3.8) is 0 Å². The van der Waals surface area contributed by atoms with Crippen LogP contribution in [-0.4, -0.2) is 0 Å². The molecule has 0 amide bonds. The summed E-state index contributed by atoms with van der Waals surface area (Å²) in [5, 5.41) is 0. The van der Waals surface area contributed by atoms with E-state index in [4.69, 9.17) is 0 Å². The van der Waals surface area contributed by atoms with Crippen LogP contribution in [0.2, 0.25) is 0 Å². The van der Waals surface area contributed by atoms with E-state index in [0.717, 1.165) is 17.8 Å². The van der Waals surface area contributed by atoms with Crippen molar-refractivity contribution in [3.05, 3.63) is 11.1 Å². The van der Waals surface area contributed by atoms with E-state index in [1.807, 2.05) is 0 Å². The highest BCUT2D eigenvalue weighted by molar-refractivity contribution is 5.23. The van der Waals surface area contributed by atoms with Gasteiger partial charge in [-0.25, -0.2) is 0 Å². The Morgan fingerprint density at radius 1 is 1.08 bits per heavy atom. The van der Waals surface area contributed by atoms with Gasteiger partial charge in [0.05, 0.1) is 0 Å². The fourth-order valence-corrected chi connectivity index (χ4v) is 2.58. The Morgan fingerprint density at radius 3 is 2.00 bits per heavy atom. The van der Waals surface area contributed by atoms with Gasteiger partial charge < -0.3 is 0 Å². The normalized spacial score (nSPS) is 36.2. The van der Waals surface area contributed by atoms with Gasteiger partial charge in [-0.1, -0.05) is 38.3 Å². The fourth-order valence-electron chi connectivity index (χ4n) is 2.58. The summed E-state index contributed by atoms with van der Waals surface area (Å²) >= 11 is 0. The molecule has 1 aliphatic rings. The van der Waals surface area contributed by atoms with Gasteiger partial charge in [-0.2, -0.15) is 0 Å². The monoisotopic (exact) mass is 166 g/mol. The Morgan fingerprint density at radius 2 is 1.67 bits per heavy atom. The molecule has 0 saturated heterocycles. The van der Waals surface area contributed by atoms with Crippen LogP contribution >= 0.6 is 0 Å². The molecule has 0 fully saturated rings. The molecule has 12 heavy (non-hydrogen) atoms. The van der Waals surface area contributed by atoms with Gasteiger partial charge in [0.1, 0.15) is 0 Å². The second-order valence-corrected chi connectivity index (χ2v) is 4.41. The minimum atomic E-state index is 0.821. The highest BCUT2D eigenvalue weighted by atomic mass is 14.4. The van der Waals surface area contributed by atoms with Gasteiger partial charge in [-0.3, -0.25) is 0 Å². The number of hydrogen-bond acceptors (Lipinski definition) is 0. The van der Waals surface area contributed by atoms with E-state index >= 15 is 0 Å². The first kappa shape index (κ1) is 9.83.